The first-order valence-electron chi connectivity index (χ1n) is 7.41. The van der Waals surface area contributed by atoms with Gasteiger partial charge in [-0.3, -0.25) is 0 Å². The molecule has 1 aromatic carbocycles. The maximum Gasteiger partial charge on any atom is 0.416 e. The maximum atomic E-state index is 12.9. The smallest absolute Gasteiger partial charge is 0.373 e. The van der Waals surface area contributed by atoms with Crippen LogP contribution in [0.4, 0.5) is 13.2 Å². The number of hydrogen-bond acceptors (Lipinski definition) is 2. The Morgan fingerprint density at radius 1 is 1.33 bits per heavy atom. The van der Waals surface area contributed by atoms with E-state index in [2.05, 4.69) is 5.32 Å². The average molecular weight is 301 g/mol. The summed E-state index contributed by atoms with van der Waals surface area (Å²) in [7, 11) is 0. The summed E-state index contributed by atoms with van der Waals surface area (Å²) >= 11 is 0. The quantitative estimate of drug-likeness (QED) is 0.894. The van der Waals surface area contributed by atoms with E-state index in [-0.39, 0.29) is 6.04 Å². The second kappa shape index (κ2) is 6.36. The Morgan fingerprint density at radius 2 is 2.10 bits per heavy atom. The highest BCUT2D eigenvalue weighted by molar-refractivity contribution is 5.30. The van der Waals surface area contributed by atoms with Crippen molar-refractivity contribution in [3.05, 3.63) is 35.4 Å². The summed E-state index contributed by atoms with van der Waals surface area (Å²) in [6, 6.07) is 5.32. The molecule has 1 fully saturated rings. The number of likely N-dealkylation sites (N-methyl/N-ethyl adjacent to an activating group) is 1. The summed E-state index contributed by atoms with van der Waals surface area (Å²) in [5, 5.41) is 3.30. The van der Waals surface area contributed by atoms with Gasteiger partial charge in [0.1, 0.15) is 0 Å². The largest absolute Gasteiger partial charge is 0.416 e. The Morgan fingerprint density at radius 3 is 2.67 bits per heavy atom. The molecule has 1 heterocycles. The zero-order valence-electron chi connectivity index (χ0n) is 12.5. The van der Waals surface area contributed by atoms with Gasteiger partial charge in [0.15, 0.2) is 0 Å². The number of halogens is 3. The Labute approximate surface area is 123 Å². The van der Waals surface area contributed by atoms with Gasteiger partial charge in [0.05, 0.1) is 17.2 Å². The van der Waals surface area contributed by atoms with Crippen molar-refractivity contribution in [3.63, 3.8) is 0 Å². The van der Waals surface area contributed by atoms with Crippen LogP contribution in [0.25, 0.3) is 0 Å². The minimum Gasteiger partial charge on any atom is -0.373 e. The normalized spacial score (nSPS) is 24.8. The number of nitrogens with one attached hydrogen (secondary N) is 1. The average Bonchev–Trinajstić information content (AvgIpc) is 2.44. The van der Waals surface area contributed by atoms with E-state index < -0.39 is 17.3 Å². The van der Waals surface area contributed by atoms with Gasteiger partial charge in [-0.05, 0) is 50.4 Å². The first kappa shape index (κ1) is 16.3. The lowest BCUT2D eigenvalue weighted by atomic mass is 9.83. The molecule has 0 radical (unpaired) electrons. The topological polar surface area (TPSA) is 21.3 Å². The number of benzene rings is 1. The predicted molar refractivity (Wildman–Crippen MR) is 76.1 cm³/mol. The van der Waals surface area contributed by atoms with Gasteiger partial charge >= 0.3 is 6.18 Å². The lowest BCUT2D eigenvalue weighted by Crippen LogP contribution is -2.46. The molecule has 5 heteroatoms. The third-order valence-electron chi connectivity index (χ3n) is 4.07. The molecule has 2 unspecified atom stereocenters. The molecule has 0 aromatic heterocycles. The minimum atomic E-state index is -4.32. The third kappa shape index (κ3) is 3.77. The fourth-order valence-corrected chi connectivity index (χ4v) is 2.97. The van der Waals surface area contributed by atoms with Crippen molar-refractivity contribution in [2.24, 2.45) is 0 Å². The molecule has 2 atom stereocenters. The van der Waals surface area contributed by atoms with Gasteiger partial charge in [-0.1, -0.05) is 19.1 Å². The van der Waals surface area contributed by atoms with Gasteiger partial charge in [-0.2, -0.15) is 13.2 Å². The molecular weight excluding hydrogens is 279 g/mol. The number of rotatable bonds is 4. The second-order valence-electron chi connectivity index (χ2n) is 5.73. The highest BCUT2D eigenvalue weighted by Crippen LogP contribution is 2.38. The minimum absolute atomic E-state index is 0.231. The Hall–Kier alpha value is -1.07. The molecule has 0 aliphatic carbocycles. The van der Waals surface area contributed by atoms with Crippen LogP contribution in [0.15, 0.2) is 24.3 Å². The predicted octanol–water partition coefficient (Wildman–Crippen LogP) is 4.32. The first-order chi connectivity index (χ1) is 9.87. The van der Waals surface area contributed by atoms with E-state index in [0.29, 0.717) is 18.7 Å². The maximum absolute atomic E-state index is 12.9. The van der Waals surface area contributed by atoms with Gasteiger partial charge in [0.25, 0.3) is 0 Å². The zero-order valence-corrected chi connectivity index (χ0v) is 12.5. The van der Waals surface area contributed by atoms with E-state index in [4.69, 9.17) is 4.74 Å². The van der Waals surface area contributed by atoms with Crippen LogP contribution in [0.1, 0.15) is 50.3 Å². The van der Waals surface area contributed by atoms with Crippen molar-refractivity contribution in [2.45, 2.75) is 50.9 Å². The Kier molecular flexibility index (Phi) is 4.94. The summed E-state index contributed by atoms with van der Waals surface area (Å²) in [6.07, 6.45) is -1.42. The summed E-state index contributed by atoms with van der Waals surface area (Å²) < 4.78 is 44.6. The van der Waals surface area contributed by atoms with E-state index in [1.165, 1.54) is 12.1 Å². The molecule has 0 bridgehead atoms. The molecule has 0 amide bonds. The van der Waals surface area contributed by atoms with Crippen LogP contribution in [0, 0.1) is 0 Å². The molecule has 1 saturated heterocycles. The summed E-state index contributed by atoms with van der Waals surface area (Å²) in [4.78, 5) is 0. The Bertz CT molecular complexity index is 467. The fraction of sp³-hybridized carbons (Fsp3) is 0.625. The molecule has 21 heavy (non-hydrogen) atoms. The molecule has 1 aliphatic heterocycles. The highest BCUT2D eigenvalue weighted by Gasteiger charge is 2.38. The van der Waals surface area contributed by atoms with Gasteiger partial charge in [0.2, 0.25) is 0 Å². The van der Waals surface area contributed by atoms with Crippen molar-refractivity contribution >= 4 is 0 Å². The highest BCUT2D eigenvalue weighted by atomic mass is 19.4. The molecule has 118 valence electrons. The van der Waals surface area contributed by atoms with Gasteiger partial charge in [-0.25, -0.2) is 0 Å². The summed E-state index contributed by atoms with van der Waals surface area (Å²) in [6.45, 7) is 5.28. The third-order valence-corrected chi connectivity index (χ3v) is 4.07. The van der Waals surface area contributed by atoms with Crippen LogP contribution in [0.3, 0.4) is 0 Å². The monoisotopic (exact) mass is 301 g/mol. The standard InChI is InChI=1S/C16H22F3NO/c1-3-20-14(15(2)9-4-5-10-21-15)12-7-6-8-13(11-12)16(17,18)19/h6-8,11,14,20H,3-5,9-10H2,1-2H3. The van der Waals surface area contributed by atoms with Crippen molar-refractivity contribution in [2.75, 3.05) is 13.2 Å². The van der Waals surface area contributed by atoms with Gasteiger partial charge < -0.3 is 10.1 Å². The fourth-order valence-electron chi connectivity index (χ4n) is 2.97. The van der Waals surface area contributed by atoms with E-state index in [9.17, 15) is 13.2 Å². The zero-order chi connectivity index (χ0) is 15.5. The SMILES string of the molecule is CCNC(c1cccc(C(F)(F)F)c1)C1(C)CCCCO1. The van der Waals surface area contributed by atoms with Crippen LogP contribution >= 0.6 is 0 Å². The number of ether oxygens (including phenoxy) is 1. The summed E-state index contributed by atoms with van der Waals surface area (Å²) in [5.41, 5.74) is -0.434. The number of alkyl halides is 3. The second-order valence-corrected chi connectivity index (χ2v) is 5.73. The van der Waals surface area contributed by atoms with Crippen LogP contribution in [-0.2, 0) is 10.9 Å². The summed E-state index contributed by atoms with van der Waals surface area (Å²) in [5.74, 6) is 0. The first-order valence-corrected chi connectivity index (χ1v) is 7.41. The molecule has 1 aromatic rings. The van der Waals surface area contributed by atoms with Crippen LogP contribution in [0.5, 0.6) is 0 Å². The van der Waals surface area contributed by atoms with Crippen molar-refractivity contribution in [3.8, 4) is 0 Å². The molecule has 2 rings (SSSR count). The molecule has 2 nitrogen and oxygen atoms in total. The number of hydrogen-bond donors (Lipinski definition) is 1. The Balaban J connectivity index is 2.34. The van der Waals surface area contributed by atoms with Crippen LogP contribution in [-0.4, -0.2) is 18.8 Å². The van der Waals surface area contributed by atoms with Crippen LogP contribution in [0.2, 0.25) is 0 Å². The van der Waals surface area contributed by atoms with Crippen molar-refractivity contribution in [1.82, 2.24) is 5.32 Å². The molecule has 1 N–H and O–H groups in total. The molecular formula is C16H22F3NO. The molecule has 0 spiro atoms. The van der Waals surface area contributed by atoms with E-state index >= 15 is 0 Å². The molecule has 0 saturated carbocycles. The van der Waals surface area contributed by atoms with Gasteiger partial charge in [-0.15, -0.1) is 0 Å². The van der Waals surface area contributed by atoms with Crippen molar-refractivity contribution < 1.29 is 17.9 Å². The lowest BCUT2D eigenvalue weighted by molar-refractivity contribution is -0.137. The van der Waals surface area contributed by atoms with Crippen molar-refractivity contribution in [1.29, 1.82) is 0 Å². The van der Waals surface area contributed by atoms with E-state index in [0.717, 1.165) is 25.3 Å². The lowest BCUT2D eigenvalue weighted by Gasteiger charge is -2.41. The van der Waals surface area contributed by atoms with E-state index in [1.54, 1.807) is 6.07 Å². The van der Waals surface area contributed by atoms with E-state index in [1.807, 2.05) is 13.8 Å². The molecule has 1 aliphatic rings. The van der Waals surface area contributed by atoms with Crippen LogP contribution < -0.4 is 5.32 Å². The van der Waals surface area contributed by atoms with Gasteiger partial charge in [0, 0.05) is 6.61 Å².